The van der Waals surface area contributed by atoms with E-state index in [2.05, 4.69) is 5.32 Å². The number of methoxy groups -OCH3 is 1. The van der Waals surface area contributed by atoms with Gasteiger partial charge in [0.2, 0.25) is 11.8 Å². The van der Waals surface area contributed by atoms with E-state index in [1.165, 1.54) is 48.4 Å². The number of sulfonamides is 1. The van der Waals surface area contributed by atoms with Gasteiger partial charge < -0.3 is 15.0 Å². The smallest absolute Gasteiger partial charge is 0.264 e. The number of nitrogens with zero attached hydrogens (tertiary/aromatic N) is 2. The lowest BCUT2D eigenvalue weighted by atomic mass is 10.1. The minimum absolute atomic E-state index is 0.00278. The van der Waals surface area contributed by atoms with Crippen molar-refractivity contribution in [2.24, 2.45) is 0 Å². The van der Waals surface area contributed by atoms with Gasteiger partial charge in [0.1, 0.15) is 24.2 Å². The van der Waals surface area contributed by atoms with E-state index in [4.69, 9.17) is 4.74 Å². The number of nitrogens with one attached hydrogen (secondary N) is 1. The molecule has 0 aliphatic heterocycles. The maximum Gasteiger partial charge on any atom is 0.264 e. The number of anilines is 1. The number of hydrogen-bond acceptors (Lipinski definition) is 5. The van der Waals surface area contributed by atoms with Gasteiger partial charge in [-0.25, -0.2) is 12.8 Å². The summed E-state index contributed by atoms with van der Waals surface area (Å²) < 4.78 is 48.2. The SMILES string of the molecule is CC[C@H](C)NC(=O)[C@H](CC)N(Cc1ccc(F)cc1)C(=O)CN(c1cc(C)ccc1OC)S(=O)(=O)c1ccccc1. The molecule has 0 heterocycles. The van der Waals surface area contributed by atoms with E-state index >= 15 is 0 Å². The van der Waals surface area contributed by atoms with Crippen LogP contribution < -0.4 is 14.4 Å². The molecule has 220 valence electrons. The lowest BCUT2D eigenvalue weighted by Gasteiger charge is -2.34. The Balaban J connectivity index is 2.11. The average molecular weight is 584 g/mol. The summed E-state index contributed by atoms with van der Waals surface area (Å²) in [5, 5.41) is 2.93. The number of carbonyl (C=O) groups is 2. The fourth-order valence-corrected chi connectivity index (χ4v) is 5.81. The van der Waals surface area contributed by atoms with Crippen molar-refractivity contribution < 1.29 is 27.1 Å². The molecular formula is C31H38FN3O5S. The summed E-state index contributed by atoms with van der Waals surface area (Å²) in [5.74, 6) is -1.10. The molecule has 3 aromatic carbocycles. The van der Waals surface area contributed by atoms with Gasteiger partial charge in [0, 0.05) is 12.6 Å². The molecule has 0 unspecified atom stereocenters. The lowest BCUT2D eigenvalue weighted by molar-refractivity contribution is -0.140. The molecule has 41 heavy (non-hydrogen) atoms. The van der Waals surface area contributed by atoms with E-state index < -0.39 is 34.3 Å². The van der Waals surface area contributed by atoms with Crippen LogP contribution in [0.5, 0.6) is 5.75 Å². The zero-order chi connectivity index (χ0) is 30.2. The second-order valence-electron chi connectivity index (χ2n) is 9.89. The summed E-state index contributed by atoms with van der Waals surface area (Å²) in [6.45, 7) is 6.80. The number of carbonyl (C=O) groups excluding carboxylic acids is 2. The Morgan fingerprint density at radius 2 is 1.63 bits per heavy atom. The van der Waals surface area contributed by atoms with Crippen LogP contribution in [-0.4, -0.2) is 50.9 Å². The lowest BCUT2D eigenvalue weighted by Crippen LogP contribution is -2.53. The van der Waals surface area contributed by atoms with Crippen molar-refractivity contribution in [1.29, 1.82) is 0 Å². The van der Waals surface area contributed by atoms with E-state index in [9.17, 15) is 22.4 Å². The topological polar surface area (TPSA) is 96.0 Å². The predicted molar refractivity (Wildman–Crippen MR) is 158 cm³/mol. The standard InChI is InChI=1S/C31H38FN3O5S/c1-6-23(4)33-31(37)27(7-2)34(20-24-14-16-25(32)17-15-24)30(36)21-35(28-19-22(3)13-18-29(28)40-5)41(38,39)26-11-9-8-10-12-26/h8-19,23,27H,6-7,20-21H2,1-5H3,(H,33,37)/t23-,27-/m0/s1. The highest BCUT2D eigenvalue weighted by molar-refractivity contribution is 7.92. The van der Waals surface area contributed by atoms with Gasteiger partial charge in [-0.3, -0.25) is 13.9 Å². The molecule has 0 aliphatic carbocycles. The monoisotopic (exact) mass is 583 g/mol. The maximum atomic E-state index is 14.1. The van der Waals surface area contributed by atoms with Gasteiger partial charge in [-0.1, -0.05) is 50.2 Å². The second kappa shape index (κ2) is 14.1. The summed E-state index contributed by atoms with van der Waals surface area (Å²) in [4.78, 5) is 28.8. The van der Waals surface area contributed by atoms with Crippen molar-refractivity contribution in [3.05, 3.63) is 89.7 Å². The van der Waals surface area contributed by atoms with Crippen LogP contribution in [0.2, 0.25) is 0 Å². The number of hydrogen-bond donors (Lipinski definition) is 1. The second-order valence-corrected chi connectivity index (χ2v) is 11.8. The molecule has 0 saturated carbocycles. The number of halogens is 1. The minimum Gasteiger partial charge on any atom is -0.495 e. The van der Waals surface area contributed by atoms with E-state index in [1.807, 2.05) is 20.8 Å². The molecule has 0 saturated heterocycles. The molecule has 3 aromatic rings. The number of aryl methyl sites for hydroxylation is 1. The first kappa shape index (κ1) is 31.6. The van der Waals surface area contributed by atoms with Crippen LogP contribution in [-0.2, 0) is 26.2 Å². The molecule has 3 rings (SSSR count). The molecule has 0 aliphatic rings. The van der Waals surface area contributed by atoms with Crippen LogP contribution in [0.4, 0.5) is 10.1 Å². The zero-order valence-corrected chi connectivity index (χ0v) is 24.9. The van der Waals surface area contributed by atoms with E-state index in [-0.39, 0.29) is 41.2 Å². The Bertz CT molecular complexity index is 1430. The third-order valence-corrected chi connectivity index (χ3v) is 8.64. The van der Waals surface area contributed by atoms with Crippen molar-refractivity contribution in [3.8, 4) is 5.75 Å². The van der Waals surface area contributed by atoms with Gasteiger partial charge in [-0.05, 0) is 74.2 Å². The third kappa shape index (κ3) is 7.85. The number of benzene rings is 3. The van der Waals surface area contributed by atoms with Gasteiger partial charge >= 0.3 is 0 Å². The number of rotatable bonds is 13. The van der Waals surface area contributed by atoms with Crippen molar-refractivity contribution in [3.63, 3.8) is 0 Å². The van der Waals surface area contributed by atoms with E-state index in [0.29, 0.717) is 12.0 Å². The molecule has 1 N–H and O–H groups in total. The van der Waals surface area contributed by atoms with Gasteiger partial charge in [0.25, 0.3) is 10.0 Å². The van der Waals surface area contributed by atoms with Gasteiger partial charge in [0.05, 0.1) is 17.7 Å². The third-order valence-electron chi connectivity index (χ3n) is 6.87. The van der Waals surface area contributed by atoms with Crippen LogP contribution in [0.25, 0.3) is 0 Å². The molecule has 0 spiro atoms. The maximum absolute atomic E-state index is 14.1. The minimum atomic E-state index is -4.23. The Kier molecular flexibility index (Phi) is 10.9. The van der Waals surface area contributed by atoms with Crippen LogP contribution in [0.15, 0.2) is 77.7 Å². The van der Waals surface area contributed by atoms with Gasteiger partial charge in [-0.15, -0.1) is 0 Å². The number of amides is 2. The largest absolute Gasteiger partial charge is 0.495 e. The molecule has 10 heteroatoms. The summed E-state index contributed by atoms with van der Waals surface area (Å²) in [7, 11) is -2.80. The van der Waals surface area contributed by atoms with Crippen LogP contribution in [0.1, 0.15) is 44.7 Å². The fourth-order valence-electron chi connectivity index (χ4n) is 4.38. The first-order chi connectivity index (χ1) is 19.5. The summed E-state index contributed by atoms with van der Waals surface area (Å²) in [5.41, 5.74) is 1.56. The molecule has 2 atom stereocenters. The molecule has 0 aromatic heterocycles. The van der Waals surface area contributed by atoms with Crippen LogP contribution in [0, 0.1) is 12.7 Å². The summed E-state index contributed by atoms with van der Waals surface area (Å²) >= 11 is 0. The number of ether oxygens (including phenoxy) is 1. The Morgan fingerprint density at radius 3 is 2.22 bits per heavy atom. The summed E-state index contributed by atoms with van der Waals surface area (Å²) in [6, 6.07) is 17.5. The first-order valence-electron chi connectivity index (χ1n) is 13.6. The Morgan fingerprint density at radius 1 is 0.976 bits per heavy atom. The quantitative estimate of drug-likeness (QED) is 0.304. The van der Waals surface area contributed by atoms with E-state index in [0.717, 1.165) is 9.87 Å². The highest BCUT2D eigenvalue weighted by atomic mass is 32.2. The Hall–Kier alpha value is -3.92. The molecular weight excluding hydrogens is 545 g/mol. The van der Waals surface area contributed by atoms with Gasteiger partial charge in [0.15, 0.2) is 0 Å². The molecule has 0 fully saturated rings. The first-order valence-corrected chi connectivity index (χ1v) is 15.0. The fraction of sp³-hybridized carbons (Fsp3) is 0.355. The molecule has 2 amide bonds. The summed E-state index contributed by atoms with van der Waals surface area (Å²) in [6.07, 6.45) is 0.985. The normalized spacial score (nSPS) is 12.7. The average Bonchev–Trinajstić information content (AvgIpc) is 2.96. The van der Waals surface area contributed by atoms with Crippen LogP contribution >= 0.6 is 0 Å². The highest BCUT2D eigenvalue weighted by Crippen LogP contribution is 2.33. The predicted octanol–water partition coefficient (Wildman–Crippen LogP) is 5.06. The van der Waals surface area contributed by atoms with Crippen LogP contribution in [0.3, 0.4) is 0 Å². The molecule has 8 nitrogen and oxygen atoms in total. The van der Waals surface area contributed by atoms with Gasteiger partial charge in [-0.2, -0.15) is 0 Å². The van der Waals surface area contributed by atoms with Crippen molar-refractivity contribution in [1.82, 2.24) is 10.2 Å². The highest BCUT2D eigenvalue weighted by Gasteiger charge is 2.35. The molecule has 0 bridgehead atoms. The van der Waals surface area contributed by atoms with Crippen molar-refractivity contribution in [2.45, 2.75) is 64.1 Å². The Labute approximate surface area is 242 Å². The van der Waals surface area contributed by atoms with E-state index in [1.54, 1.807) is 43.3 Å². The molecule has 0 radical (unpaired) electrons. The van der Waals surface area contributed by atoms with Crippen molar-refractivity contribution in [2.75, 3.05) is 18.0 Å². The van der Waals surface area contributed by atoms with Crippen molar-refractivity contribution >= 4 is 27.5 Å². The zero-order valence-electron chi connectivity index (χ0n) is 24.1.